The molecule has 0 aliphatic carbocycles. The fraction of sp³-hybridized carbons (Fsp3) is 0.565. The quantitative estimate of drug-likeness (QED) is 0.533. The van der Waals surface area contributed by atoms with Crippen LogP contribution in [0.3, 0.4) is 0 Å². The van der Waals surface area contributed by atoms with Crippen LogP contribution >= 0.6 is 0 Å². The minimum atomic E-state index is -1.25. The Kier molecular flexibility index (Phi) is 8.24. The Morgan fingerprint density at radius 2 is 1.88 bits per heavy atom. The van der Waals surface area contributed by atoms with Crippen LogP contribution < -0.4 is 11.1 Å². The minimum Gasteiger partial charge on any atom is -0.379 e. The molecule has 3 atom stereocenters. The van der Waals surface area contributed by atoms with Gasteiger partial charge in [0.1, 0.15) is 18.7 Å². The van der Waals surface area contributed by atoms with Crippen LogP contribution in [0.2, 0.25) is 0 Å². The van der Waals surface area contributed by atoms with Crippen molar-refractivity contribution in [2.45, 2.75) is 43.9 Å². The molecule has 1 aromatic rings. The molecule has 3 amide bonds. The second kappa shape index (κ2) is 10.9. The lowest BCUT2D eigenvalue weighted by atomic mass is 9.78. The van der Waals surface area contributed by atoms with E-state index in [2.05, 4.69) is 5.32 Å². The van der Waals surface area contributed by atoms with Gasteiger partial charge in [-0.1, -0.05) is 44.2 Å². The summed E-state index contributed by atoms with van der Waals surface area (Å²) in [5.74, 6) is -1.83. The number of Topliss-reactive ketones (excluding diaryl/α,β-unsaturated/α-hetero) is 1. The number of nitrogens with two attached hydrogens (primary N) is 1. The van der Waals surface area contributed by atoms with E-state index in [0.717, 1.165) is 10.5 Å². The molecule has 2 aliphatic heterocycles. The highest BCUT2D eigenvalue weighted by molar-refractivity contribution is 5.99. The van der Waals surface area contributed by atoms with Crippen molar-refractivity contribution >= 4 is 23.7 Å². The first kappa shape index (κ1) is 25.6. The number of carbonyl (C=O) groups is 4. The van der Waals surface area contributed by atoms with Crippen LogP contribution in [0.5, 0.6) is 0 Å². The summed E-state index contributed by atoms with van der Waals surface area (Å²) in [5.41, 5.74) is 5.81. The summed E-state index contributed by atoms with van der Waals surface area (Å²) >= 11 is 0. The van der Waals surface area contributed by atoms with Crippen LogP contribution in [-0.2, 0) is 34.1 Å². The summed E-state index contributed by atoms with van der Waals surface area (Å²) < 4.78 is 10.4. The second-order valence-corrected chi connectivity index (χ2v) is 9.07. The molecule has 2 fully saturated rings. The summed E-state index contributed by atoms with van der Waals surface area (Å²) in [4.78, 5) is 56.9. The van der Waals surface area contributed by atoms with E-state index < -0.39 is 47.3 Å². The molecule has 11 heteroatoms. The Morgan fingerprint density at radius 1 is 1.24 bits per heavy atom. The van der Waals surface area contributed by atoms with E-state index >= 15 is 0 Å². The summed E-state index contributed by atoms with van der Waals surface area (Å²) in [5, 5.41) is 4.11. The third-order valence-electron chi connectivity index (χ3n) is 6.11. The van der Waals surface area contributed by atoms with E-state index in [-0.39, 0.29) is 13.0 Å². The van der Waals surface area contributed by atoms with Gasteiger partial charge in [-0.25, -0.2) is 4.79 Å². The number of amides is 3. The minimum absolute atomic E-state index is 0.210. The Bertz CT molecular complexity index is 902. The molecule has 2 saturated heterocycles. The summed E-state index contributed by atoms with van der Waals surface area (Å²) in [7, 11) is 1.40. The van der Waals surface area contributed by atoms with Crippen LogP contribution in [0, 0.1) is 0 Å². The normalized spacial score (nSPS) is 22.1. The maximum atomic E-state index is 13.5. The predicted molar refractivity (Wildman–Crippen MR) is 120 cm³/mol. The van der Waals surface area contributed by atoms with Gasteiger partial charge in [-0.15, -0.1) is 5.06 Å². The fourth-order valence-electron chi connectivity index (χ4n) is 4.20. The van der Waals surface area contributed by atoms with Crippen molar-refractivity contribution < 1.29 is 33.5 Å². The van der Waals surface area contributed by atoms with Crippen molar-refractivity contribution in [3.05, 3.63) is 35.9 Å². The first-order valence-electron chi connectivity index (χ1n) is 11.2. The molecule has 1 aromatic carbocycles. The van der Waals surface area contributed by atoms with Gasteiger partial charge in [-0.3, -0.25) is 14.4 Å². The first-order chi connectivity index (χ1) is 16.1. The van der Waals surface area contributed by atoms with Gasteiger partial charge in [0.25, 0.3) is 0 Å². The van der Waals surface area contributed by atoms with E-state index in [0.29, 0.717) is 26.3 Å². The zero-order valence-corrected chi connectivity index (χ0v) is 19.7. The van der Waals surface area contributed by atoms with Gasteiger partial charge < -0.3 is 30.3 Å². The molecule has 34 heavy (non-hydrogen) atoms. The average molecular weight is 477 g/mol. The SMILES string of the molecule is CN(C(=O)[C@H](CC(C)(C)c1ccccc1)NC(=O)ON1CCOCC1)C1C(=O)COC1C(N)=O. The lowest BCUT2D eigenvalue weighted by Crippen LogP contribution is -2.57. The van der Waals surface area contributed by atoms with Crippen LogP contribution in [0.15, 0.2) is 30.3 Å². The third-order valence-corrected chi connectivity index (χ3v) is 6.11. The topological polar surface area (TPSA) is 140 Å². The molecule has 0 spiro atoms. The number of primary amides is 1. The molecular formula is C23H32N4O7. The van der Waals surface area contributed by atoms with Gasteiger partial charge in [-0.05, 0) is 17.4 Å². The Balaban J connectivity index is 1.80. The number of likely N-dealkylation sites (N-methyl/N-ethyl adjacent to an activating group) is 1. The number of ketones is 1. The maximum absolute atomic E-state index is 13.5. The van der Waals surface area contributed by atoms with Crippen LogP contribution in [0.4, 0.5) is 4.79 Å². The molecule has 11 nitrogen and oxygen atoms in total. The molecule has 186 valence electrons. The van der Waals surface area contributed by atoms with Crippen molar-refractivity contribution in [1.29, 1.82) is 0 Å². The number of benzene rings is 1. The van der Waals surface area contributed by atoms with E-state index in [1.807, 2.05) is 44.2 Å². The molecule has 2 aliphatic rings. The molecule has 0 bridgehead atoms. The van der Waals surface area contributed by atoms with E-state index in [9.17, 15) is 19.2 Å². The molecule has 2 heterocycles. The number of hydroxylamine groups is 2. The molecule has 3 rings (SSSR count). The molecule has 0 radical (unpaired) electrons. The van der Waals surface area contributed by atoms with Gasteiger partial charge in [0, 0.05) is 7.05 Å². The van der Waals surface area contributed by atoms with E-state index in [4.69, 9.17) is 20.0 Å². The van der Waals surface area contributed by atoms with Crippen molar-refractivity contribution in [3.8, 4) is 0 Å². The first-order valence-corrected chi connectivity index (χ1v) is 11.2. The number of hydrogen-bond acceptors (Lipinski definition) is 8. The van der Waals surface area contributed by atoms with Crippen molar-refractivity contribution in [1.82, 2.24) is 15.3 Å². The molecular weight excluding hydrogens is 444 g/mol. The number of ether oxygens (including phenoxy) is 2. The second-order valence-electron chi connectivity index (χ2n) is 9.07. The monoisotopic (exact) mass is 476 g/mol. The number of nitrogens with one attached hydrogen (secondary N) is 1. The summed E-state index contributed by atoms with van der Waals surface area (Å²) in [6, 6.07) is 7.35. The van der Waals surface area contributed by atoms with Gasteiger partial charge in [0.2, 0.25) is 11.8 Å². The molecule has 0 aromatic heterocycles. The van der Waals surface area contributed by atoms with Crippen LogP contribution in [0.25, 0.3) is 0 Å². The number of carbonyl (C=O) groups excluding carboxylic acids is 4. The smallest absolute Gasteiger partial charge is 0.379 e. The van der Waals surface area contributed by atoms with Crippen LogP contribution in [-0.4, -0.2) is 91.8 Å². The Labute approximate surface area is 198 Å². The number of hydrogen-bond donors (Lipinski definition) is 2. The summed E-state index contributed by atoms with van der Waals surface area (Å²) in [6.45, 7) is 5.27. The third kappa shape index (κ3) is 6.10. The van der Waals surface area contributed by atoms with Crippen molar-refractivity contribution in [3.63, 3.8) is 0 Å². The average Bonchev–Trinajstić information content (AvgIpc) is 3.20. The molecule has 0 saturated carbocycles. The highest BCUT2D eigenvalue weighted by Crippen LogP contribution is 2.29. The van der Waals surface area contributed by atoms with Gasteiger partial charge in [0.05, 0.1) is 26.3 Å². The fourth-order valence-corrected chi connectivity index (χ4v) is 4.20. The van der Waals surface area contributed by atoms with E-state index in [1.54, 1.807) is 0 Å². The Hall–Kier alpha value is -3.02. The number of nitrogens with zero attached hydrogens (tertiary/aromatic N) is 2. The van der Waals surface area contributed by atoms with Crippen molar-refractivity contribution in [2.75, 3.05) is 40.0 Å². The maximum Gasteiger partial charge on any atom is 0.426 e. The highest BCUT2D eigenvalue weighted by atomic mass is 16.7. The van der Waals surface area contributed by atoms with Crippen molar-refractivity contribution in [2.24, 2.45) is 5.73 Å². The molecule has 2 unspecified atom stereocenters. The number of morpholine rings is 1. The lowest BCUT2D eigenvalue weighted by Gasteiger charge is -2.34. The van der Waals surface area contributed by atoms with Gasteiger partial charge >= 0.3 is 6.09 Å². The van der Waals surface area contributed by atoms with Gasteiger partial charge in [0.15, 0.2) is 11.9 Å². The van der Waals surface area contributed by atoms with E-state index in [1.165, 1.54) is 12.1 Å². The Morgan fingerprint density at radius 3 is 2.50 bits per heavy atom. The largest absolute Gasteiger partial charge is 0.426 e. The van der Waals surface area contributed by atoms with Gasteiger partial charge in [-0.2, -0.15) is 0 Å². The zero-order valence-electron chi connectivity index (χ0n) is 19.7. The highest BCUT2D eigenvalue weighted by Gasteiger charge is 2.45. The summed E-state index contributed by atoms with van der Waals surface area (Å²) in [6.07, 6.45) is -1.83. The standard InChI is InChI=1S/C23H32N4O7/c1-23(2,15-7-5-4-6-8-15)13-16(25-22(31)34-27-9-11-32-12-10-27)21(30)26(3)18-17(28)14-33-19(18)20(24)29/h4-8,16,18-19H,9-14H2,1-3H3,(H2,24,29)(H,25,31)/t16-,18?,19?/m0/s1. The molecule has 3 N–H and O–H groups in total. The lowest BCUT2D eigenvalue weighted by molar-refractivity contribution is -0.150. The number of rotatable bonds is 8. The van der Waals surface area contributed by atoms with Crippen LogP contribution in [0.1, 0.15) is 25.8 Å². The predicted octanol–water partition coefficient (Wildman–Crippen LogP) is -0.0235. The zero-order chi connectivity index (χ0) is 24.9.